The SMILES string of the molecule is C=C(C)COCCNC(=O)NC(CCS(C)(=O)=O)C(=O)O. The Hall–Kier alpha value is -1.61. The maximum Gasteiger partial charge on any atom is 0.326 e. The quantitative estimate of drug-likeness (QED) is 0.377. The van der Waals surface area contributed by atoms with Crippen LogP contribution in [-0.2, 0) is 19.4 Å². The monoisotopic (exact) mass is 322 g/mol. The summed E-state index contributed by atoms with van der Waals surface area (Å²) in [6.45, 7) is 6.31. The van der Waals surface area contributed by atoms with Crippen molar-refractivity contribution in [3.8, 4) is 0 Å². The normalized spacial score (nSPS) is 12.5. The maximum absolute atomic E-state index is 11.5. The number of amides is 2. The fourth-order valence-corrected chi connectivity index (χ4v) is 1.95. The molecule has 0 heterocycles. The van der Waals surface area contributed by atoms with Gasteiger partial charge in [0.2, 0.25) is 0 Å². The van der Waals surface area contributed by atoms with Crippen LogP contribution in [0.25, 0.3) is 0 Å². The minimum atomic E-state index is -3.28. The first-order valence-electron chi connectivity index (χ1n) is 6.29. The Morgan fingerprint density at radius 2 is 2.00 bits per heavy atom. The molecule has 3 N–H and O–H groups in total. The Labute approximate surface area is 124 Å². The van der Waals surface area contributed by atoms with Gasteiger partial charge in [-0.2, -0.15) is 0 Å². The predicted octanol–water partition coefficient (Wildman–Crippen LogP) is -0.234. The van der Waals surface area contributed by atoms with Crippen molar-refractivity contribution >= 4 is 21.8 Å². The highest BCUT2D eigenvalue weighted by Gasteiger charge is 2.21. The fourth-order valence-electron chi connectivity index (χ4n) is 1.28. The molecule has 0 aliphatic rings. The van der Waals surface area contributed by atoms with Gasteiger partial charge in [0.25, 0.3) is 0 Å². The van der Waals surface area contributed by atoms with Crippen molar-refractivity contribution in [1.82, 2.24) is 10.6 Å². The first-order chi connectivity index (χ1) is 9.61. The average Bonchev–Trinajstić information content (AvgIpc) is 2.32. The van der Waals surface area contributed by atoms with Gasteiger partial charge in [0.05, 0.1) is 19.0 Å². The number of nitrogens with one attached hydrogen (secondary N) is 2. The van der Waals surface area contributed by atoms with E-state index in [2.05, 4.69) is 17.2 Å². The van der Waals surface area contributed by atoms with Gasteiger partial charge in [0.15, 0.2) is 0 Å². The first-order valence-corrected chi connectivity index (χ1v) is 8.35. The van der Waals surface area contributed by atoms with E-state index >= 15 is 0 Å². The van der Waals surface area contributed by atoms with Crippen LogP contribution < -0.4 is 10.6 Å². The van der Waals surface area contributed by atoms with Crippen LogP contribution in [0.5, 0.6) is 0 Å². The highest BCUT2D eigenvalue weighted by atomic mass is 32.2. The fraction of sp³-hybridized carbons (Fsp3) is 0.667. The van der Waals surface area contributed by atoms with E-state index in [-0.39, 0.29) is 25.3 Å². The van der Waals surface area contributed by atoms with E-state index in [0.717, 1.165) is 11.8 Å². The number of carboxylic acids is 1. The highest BCUT2D eigenvalue weighted by molar-refractivity contribution is 7.90. The topological polar surface area (TPSA) is 122 Å². The minimum Gasteiger partial charge on any atom is -0.480 e. The number of hydrogen-bond acceptors (Lipinski definition) is 5. The molecule has 21 heavy (non-hydrogen) atoms. The van der Waals surface area contributed by atoms with Gasteiger partial charge in [-0.3, -0.25) is 0 Å². The summed E-state index contributed by atoms with van der Waals surface area (Å²) >= 11 is 0. The van der Waals surface area contributed by atoms with Gasteiger partial charge in [-0.15, -0.1) is 0 Å². The van der Waals surface area contributed by atoms with E-state index in [0.29, 0.717) is 6.61 Å². The number of carbonyl (C=O) groups excluding carboxylic acids is 1. The van der Waals surface area contributed by atoms with E-state index < -0.39 is 27.9 Å². The van der Waals surface area contributed by atoms with E-state index in [4.69, 9.17) is 9.84 Å². The molecule has 8 nitrogen and oxygen atoms in total. The zero-order valence-corrected chi connectivity index (χ0v) is 13.0. The summed E-state index contributed by atoms with van der Waals surface area (Å²) in [6, 6.07) is -1.94. The van der Waals surface area contributed by atoms with Crippen LogP contribution in [-0.4, -0.2) is 63.3 Å². The van der Waals surface area contributed by atoms with Crippen molar-refractivity contribution in [2.75, 3.05) is 31.8 Å². The Morgan fingerprint density at radius 3 is 2.48 bits per heavy atom. The van der Waals surface area contributed by atoms with Crippen LogP contribution in [0.3, 0.4) is 0 Å². The second kappa shape index (κ2) is 9.35. The lowest BCUT2D eigenvalue weighted by molar-refractivity contribution is -0.139. The van der Waals surface area contributed by atoms with Crippen molar-refractivity contribution in [2.45, 2.75) is 19.4 Å². The number of carboxylic acid groups (broad SMARTS) is 1. The summed E-state index contributed by atoms with van der Waals surface area (Å²) in [5.74, 6) is -1.60. The zero-order chi connectivity index (χ0) is 16.5. The Morgan fingerprint density at radius 1 is 1.38 bits per heavy atom. The molecule has 0 aliphatic carbocycles. The van der Waals surface area contributed by atoms with Crippen molar-refractivity contribution < 1.29 is 27.9 Å². The molecule has 122 valence electrons. The molecule has 0 aliphatic heterocycles. The van der Waals surface area contributed by atoms with E-state index in [1.54, 1.807) is 6.92 Å². The molecule has 0 aromatic rings. The van der Waals surface area contributed by atoms with Crippen LogP contribution in [0.15, 0.2) is 12.2 Å². The molecule has 1 atom stereocenters. The number of aliphatic carboxylic acids is 1. The van der Waals surface area contributed by atoms with Gasteiger partial charge >= 0.3 is 12.0 Å². The number of sulfone groups is 1. The van der Waals surface area contributed by atoms with Gasteiger partial charge in [-0.05, 0) is 13.3 Å². The van der Waals surface area contributed by atoms with Crippen LogP contribution >= 0.6 is 0 Å². The molecule has 0 saturated carbocycles. The molecule has 0 aromatic heterocycles. The van der Waals surface area contributed by atoms with E-state index in [1.807, 2.05) is 0 Å². The number of ether oxygens (including phenoxy) is 1. The van der Waals surface area contributed by atoms with Gasteiger partial charge in [-0.25, -0.2) is 18.0 Å². The lowest BCUT2D eigenvalue weighted by Gasteiger charge is -2.14. The lowest BCUT2D eigenvalue weighted by atomic mass is 10.2. The summed E-state index contributed by atoms with van der Waals surface area (Å²) < 4.78 is 27.1. The second-order valence-corrected chi connectivity index (χ2v) is 6.98. The van der Waals surface area contributed by atoms with Gasteiger partial charge in [-0.1, -0.05) is 12.2 Å². The van der Waals surface area contributed by atoms with E-state index in [1.165, 1.54) is 0 Å². The summed E-state index contributed by atoms with van der Waals surface area (Å²) in [7, 11) is -3.28. The summed E-state index contributed by atoms with van der Waals surface area (Å²) in [6.07, 6.45) is 0.818. The van der Waals surface area contributed by atoms with Gasteiger partial charge < -0.3 is 20.5 Å². The molecule has 9 heteroatoms. The Bertz CT molecular complexity index is 474. The highest BCUT2D eigenvalue weighted by Crippen LogP contribution is 1.97. The molecule has 0 bridgehead atoms. The molecule has 2 amide bonds. The molecular weight excluding hydrogens is 300 g/mol. The minimum absolute atomic E-state index is 0.187. The molecule has 0 fully saturated rings. The van der Waals surface area contributed by atoms with Gasteiger partial charge in [0.1, 0.15) is 15.9 Å². The lowest BCUT2D eigenvalue weighted by Crippen LogP contribution is -2.47. The van der Waals surface area contributed by atoms with Crippen LogP contribution in [0.2, 0.25) is 0 Å². The summed E-state index contributed by atoms with van der Waals surface area (Å²) in [5.41, 5.74) is 0.853. The Kier molecular flexibility index (Phi) is 8.63. The predicted molar refractivity (Wildman–Crippen MR) is 77.9 cm³/mol. The molecule has 1 unspecified atom stereocenters. The van der Waals surface area contributed by atoms with Crippen LogP contribution in [0, 0.1) is 0 Å². The maximum atomic E-state index is 11.5. The number of carbonyl (C=O) groups is 2. The molecule has 0 spiro atoms. The molecule has 0 aromatic carbocycles. The third-order valence-corrected chi connectivity index (χ3v) is 3.24. The largest absolute Gasteiger partial charge is 0.480 e. The first kappa shape index (κ1) is 19.4. The van der Waals surface area contributed by atoms with Crippen molar-refractivity contribution in [1.29, 1.82) is 0 Å². The van der Waals surface area contributed by atoms with Crippen molar-refractivity contribution in [3.05, 3.63) is 12.2 Å². The average molecular weight is 322 g/mol. The molecule has 0 saturated heterocycles. The van der Waals surface area contributed by atoms with Crippen LogP contribution in [0.4, 0.5) is 4.79 Å². The standard InChI is InChI=1S/C12H22N2O6S/c1-9(2)8-20-6-5-13-12(17)14-10(11(15)16)4-7-21(3,18)19/h10H,1,4-8H2,2-3H3,(H,15,16)(H2,13,14,17). The van der Waals surface area contributed by atoms with Gasteiger partial charge in [0, 0.05) is 12.8 Å². The smallest absolute Gasteiger partial charge is 0.326 e. The third kappa shape index (κ3) is 11.9. The molecule has 0 rings (SSSR count). The van der Waals surface area contributed by atoms with E-state index in [9.17, 15) is 18.0 Å². The molecular formula is C12H22N2O6S. The third-order valence-electron chi connectivity index (χ3n) is 2.26. The summed E-state index contributed by atoms with van der Waals surface area (Å²) in [4.78, 5) is 22.4. The number of rotatable bonds is 10. The van der Waals surface area contributed by atoms with Crippen molar-refractivity contribution in [3.63, 3.8) is 0 Å². The van der Waals surface area contributed by atoms with Crippen LogP contribution in [0.1, 0.15) is 13.3 Å². The second-order valence-electron chi connectivity index (χ2n) is 4.72. The van der Waals surface area contributed by atoms with Crippen molar-refractivity contribution in [2.24, 2.45) is 0 Å². The Balaban J connectivity index is 4.06. The number of hydrogen-bond donors (Lipinski definition) is 3. The zero-order valence-electron chi connectivity index (χ0n) is 12.2. The summed E-state index contributed by atoms with van der Waals surface area (Å²) in [5, 5.41) is 13.5. The molecule has 0 radical (unpaired) electrons. The number of urea groups is 1.